The SMILES string of the molecule is COc1cc(C(=O)NCC(C)(OC)c2ccccc2F)c([N+](=O)[O-])cc1OC. The maximum Gasteiger partial charge on any atom is 0.286 e. The molecule has 8 nitrogen and oxygen atoms in total. The first-order chi connectivity index (χ1) is 13.3. The third-order valence-corrected chi connectivity index (χ3v) is 4.42. The lowest BCUT2D eigenvalue weighted by Gasteiger charge is -2.29. The predicted octanol–water partition coefficient (Wildman–Crippen LogP) is 3.04. The summed E-state index contributed by atoms with van der Waals surface area (Å²) in [5, 5.41) is 13.9. The first-order valence-corrected chi connectivity index (χ1v) is 8.26. The number of methoxy groups -OCH3 is 3. The van der Waals surface area contributed by atoms with Crippen LogP contribution in [0.15, 0.2) is 36.4 Å². The van der Waals surface area contributed by atoms with Crippen molar-refractivity contribution in [2.75, 3.05) is 27.9 Å². The minimum absolute atomic E-state index is 0.116. The highest BCUT2D eigenvalue weighted by Gasteiger charge is 2.31. The zero-order chi connectivity index (χ0) is 20.9. The van der Waals surface area contributed by atoms with E-state index in [1.54, 1.807) is 25.1 Å². The summed E-state index contributed by atoms with van der Waals surface area (Å²) >= 11 is 0. The lowest BCUT2D eigenvalue weighted by molar-refractivity contribution is -0.385. The summed E-state index contributed by atoms with van der Waals surface area (Å²) in [5.41, 5.74) is -1.58. The summed E-state index contributed by atoms with van der Waals surface area (Å²) in [6.07, 6.45) is 0. The Morgan fingerprint density at radius 1 is 1.18 bits per heavy atom. The lowest BCUT2D eigenvalue weighted by atomic mass is 9.95. The number of amides is 1. The van der Waals surface area contributed by atoms with Crippen LogP contribution >= 0.6 is 0 Å². The molecule has 0 radical (unpaired) electrons. The third-order valence-electron chi connectivity index (χ3n) is 4.42. The summed E-state index contributed by atoms with van der Waals surface area (Å²) < 4.78 is 29.7. The molecular weight excluding hydrogens is 371 g/mol. The van der Waals surface area contributed by atoms with Crippen molar-refractivity contribution < 1.29 is 28.3 Å². The number of hydrogen-bond donors (Lipinski definition) is 1. The van der Waals surface area contributed by atoms with Crippen LogP contribution in [0.3, 0.4) is 0 Å². The van der Waals surface area contributed by atoms with E-state index >= 15 is 0 Å². The average molecular weight is 392 g/mol. The molecule has 28 heavy (non-hydrogen) atoms. The Labute approximate surface area is 161 Å². The molecule has 2 rings (SSSR count). The van der Waals surface area contributed by atoms with E-state index in [1.807, 2.05) is 0 Å². The maximum absolute atomic E-state index is 14.2. The van der Waals surface area contributed by atoms with Crippen molar-refractivity contribution in [3.63, 3.8) is 0 Å². The topological polar surface area (TPSA) is 99.9 Å². The van der Waals surface area contributed by atoms with Crippen LogP contribution in [0.25, 0.3) is 0 Å². The number of carbonyl (C=O) groups excluding carboxylic acids is 1. The van der Waals surface area contributed by atoms with Gasteiger partial charge in [-0.2, -0.15) is 0 Å². The van der Waals surface area contributed by atoms with Gasteiger partial charge in [0.15, 0.2) is 11.5 Å². The van der Waals surface area contributed by atoms with E-state index in [0.717, 1.165) is 6.07 Å². The number of ether oxygens (including phenoxy) is 3. The first kappa shape index (κ1) is 21.1. The van der Waals surface area contributed by atoms with Crippen LogP contribution in [0.2, 0.25) is 0 Å². The van der Waals surface area contributed by atoms with Crippen molar-refractivity contribution in [2.24, 2.45) is 0 Å². The van der Waals surface area contributed by atoms with Crippen molar-refractivity contribution in [2.45, 2.75) is 12.5 Å². The summed E-state index contributed by atoms with van der Waals surface area (Å²) in [6, 6.07) is 8.36. The van der Waals surface area contributed by atoms with Gasteiger partial charge in [0, 0.05) is 18.7 Å². The second-order valence-electron chi connectivity index (χ2n) is 6.08. The van der Waals surface area contributed by atoms with Gasteiger partial charge < -0.3 is 19.5 Å². The van der Waals surface area contributed by atoms with Crippen molar-refractivity contribution in [1.29, 1.82) is 0 Å². The second kappa shape index (κ2) is 8.66. The molecule has 1 unspecified atom stereocenters. The Kier molecular flexibility index (Phi) is 6.53. The van der Waals surface area contributed by atoms with Crippen molar-refractivity contribution in [1.82, 2.24) is 5.32 Å². The Morgan fingerprint density at radius 3 is 2.32 bits per heavy atom. The minimum Gasteiger partial charge on any atom is -0.493 e. The zero-order valence-corrected chi connectivity index (χ0v) is 15.9. The molecule has 2 aromatic rings. The second-order valence-corrected chi connectivity index (χ2v) is 6.08. The highest BCUT2D eigenvalue weighted by molar-refractivity contribution is 5.99. The molecular formula is C19H21FN2O6. The fourth-order valence-corrected chi connectivity index (χ4v) is 2.71. The summed E-state index contributed by atoms with van der Waals surface area (Å²) in [4.78, 5) is 23.3. The maximum atomic E-state index is 14.2. The Hall–Kier alpha value is -3.20. The van der Waals surface area contributed by atoms with E-state index in [0.29, 0.717) is 0 Å². The molecule has 0 heterocycles. The van der Waals surface area contributed by atoms with Gasteiger partial charge in [-0.1, -0.05) is 18.2 Å². The molecule has 150 valence electrons. The van der Waals surface area contributed by atoms with Gasteiger partial charge in [0.2, 0.25) is 0 Å². The Morgan fingerprint density at radius 2 is 1.79 bits per heavy atom. The van der Waals surface area contributed by atoms with E-state index in [1.165, 1.54) is 33.5 Å². The van der Waals surface area contributed by atoms with Gasteiger partial charge in [0.05, 0.1) is 31.8 Å². The van der Waals surface area contributed by atoms with E-state index in [-0.39, 0.29) is 29.2 Å². The first-order valence-electron chi connectivity index (χ1n) is 8.26. The highest BCUT2D eigenvalue weighted by Crippen LogP contribution is 2.34. The molecule has 1 N–H and O–H groups in total. The van der Waals surface area contributed by atoms with Crippen LogP contribution in [-0.4, -0.2) is 38.7 Å². The largest absolute Gasteiger partial charge is 0.493 e. The molecule has 0 aliphatic heterocycles. The quantitative estimate of drug-likeness (QED) is 0.548. The smallest absolute Gasteiger partial charge is 0.286 e. The normalized spacial score (nSPS) is 12.8. The fraction of sp³-hybridized carbons (Fsp3) is 0.316. The number of nitrogens with one attached hydrogen (secondary N) is 1. The van der Waals surface area contributed by atoms with Gasteiger partial charge in [0.1, 0.15) is 17.0 Å². The molecule has 0 saturated carbocycles. The molecule has 0 aromatic heterocycles. The molecule has 2 aromatic carbocycles. The number of hydrogen-bond acceptors (Lipinski definition) is 6. The van der Waals surface area contributed by atoms with Crippen LogP contribution in [-0.2, 0) is 10.3 Å². The van der Waals surface area contributed by atoms with Crippen LogP contribution in [0, 0.1) is 15.9 Å². The van der Waals surface area contributed by atoms with Crippen LogP contribution in [0.5, 0.6) is 11.5 Å². The molecule has 9 heteroatoms. The highest BCUT2D eigenvalue weighted by atomic mass is 19.1. The van der Waals surface area contributed by atoms with Gasteiger partial charge in [-0.15, -0.1) is 0 Å². The van der Waals surface area contributed by atoms with Gasteiger partial charge in [-0.25, -0.2) is 4.39 Å². The molecule has 0 aliphatic rings. The summed E-state index contributed by atoms with van der Waals surface area (Å²) in [5.74, 6) is -0.925. The number of rotatable bonds is 8. The van der Waals surface area contributed by atoms with Crippen LogP contribution in [0.4, 0.5) is 10.1 Å². The molecule has 1 amide bonds. The zero-order valence-electron chi connectivity index (χ0n) is 15.9. The third kappa shape index (κ3) is 4.20. The van der Waals surface area contributed by atoms with Gasteiger partial charge in [-0.3, -0.25) is 14.9 Å². The summed E-state index contributed by atoms with van der Waals surface area (Å²) in [7, 11) is 4.07. The molecule has 1 atom stereocenters. The van der Waals surface area contributed by atoms with E-state index in [2.05, 4.69) is 5.32 Å². The van der Waals surface area contributed by atoms with Crippen molar-refractivity contribution >= 4 is 11.6 Å². The number of benzene rings is 2. The van der Waals surface area contributed by atoms with Crippen molar-refractivity contribution in [3.8, 4) is 11.5 Å². The average Bonchev–Trinajstić information content (AvgIpc) is 2.70. The van der Waals surface area contributed by atoms with Crippen LogP contribution < -0.4 is 14.8 Å². The van der Waals surface area contributed by atoms with Gasteiger partial charge in [-0.05, 0) is 13.0 Å². The number of carbonyl (C=O) groups is 1. The Balaban J connectivity index is 2.34. The van der Waals surface area contributed by atoms with Crippen molar-refractivity contribution in [3.05, 3.63) is 63.5 Å². The van der Waals surface area contributed by atoms with Gasteiger partial charge >= 0.3 is 0 Å². The lowest BCUT2D eigenvalue weighted by Crippen LogP contribution is -2.40. The van der Waals surface area contributed by atoms with Crippen LogP contribution in [0.1, 0.15) is 22.8 Å². The minimum atomic E-state index is -1.17. The fourth-order valence-electron chi connectivity index (χ4n) is 2.71. The number of halogens is 1. The molecule has 0 aliphatic carbocycles. The number of nitro groups is 1. The van der Waals surface area contributed by atoms with E-state index in [4.69, 9.17) is 14.2 Å². The van der Waals surface area contributed by atoms with Gasteiger partial charge in [0.25, 0.3) is 11.6 Å². The summed E-state index contributed by atoms with van der Waals surface area (Å²) in [6.45, 7) is 1.49. The van der Waals surface area contributed by atoms with E-state index in [9.17, 15) is 19.3 Å². The molecule has 0 saturated heterocycles. The monoisotopic (exact) mass is 392 g/mol. The molecule has 0 bridgehead atoms. The number of nitro benzene ring substituents is 1. The molecule has 0 spiro atoms. The Bertz CT molecular complexity index is 889. The van der Waals surface area contributed by atoms with E-state index < -0.39 is 27.9 Å². The molecule has 0 fully saturated rings. The standard InChI is InChI=1S/C19H21FN2O6/c1-19(28-4,13-7-5-6-8-14(13)20)11-21-18(23)12-9-16(26-2)17(27-3)10-15(12)22(24)25/h5-10H,11H2,1-4H3,(H,21,23). The number of nitrogens with zero attached hydrogens (tertiary/aromatic N) is 1. The predicted molar refractivity (Wildman–Crippen MR) is 99.3 cm³/mol.